The highest BCUT2D eigenvalue weighted by Gasteiger charge is 2.03. The molecule has 0 heterocycles. The Labute approximate surface area is 112 Å². The number of nitrogens with one attached hydrogen (secondary N) is 1. The predicted octanol–water partition coefficient (Wildman–Crippen LogP) is 4.28. The van der Waals surface area contributed by atoms with Crippen LogP contribution >= 0.6 is 11.9 Å². The molecule has 2 aromatic carbocycles. The van der Waals surface area contributed by atoms with Crippen LogP contribution in [0.15, 0.2) is 47.4 Å². The molecule has 94 valence electrons. The second-order valence-corrected chi connectivity index (χ2v) is 5.07. The third-order valence-corrected chi connectivity index (χ3v) is 3.55. The summed E-state index contributed by atoms with van der Waals surface area (Å²) in [4.78, 5) is 1.15. The minimum absolute atomic E-state index is 0.122. The number of rotatable bonds is 4. The van der Waals surface area contributed by atoms with E-state index < -0.39 is 0 Å². The van der Waals surface area contributed by atoms with Gasteiger partial charge < -0.3 is 0 Å². The zero-order valence-corrected chi connectivity index (χ0v) is 11.4. The van der Waals surface area contributed by atoms with E-state index in [4.69, 9.17) is 0 Å². The van der Waals surface area contributed by atoms with E-state index in [-0.39, 0.29) is 5.82 Å². The Balaban J connectivity index is 2.28. The van der Waals surface area contributed by atoms with E-state index in [9.17, 15) is 4.39 Å². The molecule has 18 heavy (non-hydrogen) atoms. The molecular formula is C15H16FNS. The van der Waals surface area contributed by atoms with Crippen molar-refractivity contribution in [2.75, 3.05) is 7.05 Å². The van der Waals surface area contributed by atoms with Gasteiger partial charge in [-0.25, -0.2) is 4.39 Å². The van der Waals surface area contributed by atoms with E-state index in [0.717, 1.165) is 28.0 Å². The van der Waals surface area contributed by atoms with Gasteiger partial charge in [-0.05, 0) is 60.3 Å². The molecule has 2 rings (SSSR count). The highest BCUT2D eigenvalue weighted by atomic mass is 32.2. The number of benzene rings is 2. The van der Waals surface area contributed by atoms with Crippen LogP contribution in [0.5, 0.6) is 0 Å². The summed E-state index contributed by atoms with van der Waals surface area (Å²) in [7, 11) is 1.89. The number of hydrogen-bond donors (Lipinski definition) is 1. The molecule has 1 N–H and O–H groups in total. The molecule has 0 spiro atoms. The van der Waals surface area contributed by atoms with E-state index in [1.54, 1.807) is 18.0 Å². The summed E-state index contributed by atoms with van der Waals surface area (Å²) in [6.07, 6.45) is 0.726. The fraction of sp³-hybridized carbons (Fsp3) is 0.200. The average Bonchev–Trinajstić information content (AvgIpc) is 2.40. The van der Waals surface area contributed by atoms with Crippen molar-refractivity contribution in [1.82, 2.24) is 4.72 Å². The Bertz CT molecular complexity index is 523. The summed E-state index contributed by atoms with van der Waals surface area (Å²) in [6.45, 7) is 1.96. The Morgan fingerprint density at radius 2 is 1.72 bits per heavy atom. The number of hydrogen-bond acceptors (Lipinski definition) is 2. The van der Waals surface area contributed by atoms with Gasteiger partial charge in [0.2, 0.25) is 0 Å². The molecule has 0 saturated heterocycles. The van der Waals surface area contributed by atoms with Gasteiger partial charge in [0.05, 0.1) is 0 Å². The van der Waals surface area contributed by atoms with Crippen LogP contribution in [0.2, 0.25) is 0 Å². The third kappa shape index (κ3) is 2.92. The summed E-state index contributed by atoms with van der Waals surface area (Å²) in [5, 5.41) is 0. The normalized spacial score (nSPS) is 10.6. The van der Waals surface area contributed by atoms with Crippen molar-refractivity contribution in [3.63, 3.8) is 0 Å². The summed E-state index contributed by atoms with van der Waals surface area (Å²) in [5.74, 6) is -0.122. The molecule has 0 atom stereocenters. The summed E-state index contributed by atoms with van der Waals surface area (Å²) >= 11 is 1.56. The Morgan fingerprint density at radius 1 is 1.06 bits per heavy atom. The van der Waals surface area contributed by atoms with Crippen LogP contribution in [0.3, 0.4) is 0 Å². The molecule has 0 amide bonds. The molecular weight excluding hydrogens is 245 g/mol. The Morgan fingerprint density at radius 3 is 2.28 bits per heavy atom. The molecule has 0 aliphatic heterocycles. The topological polar surface area (TPSA) is 12.0 Å². The van der Waals surface area contributed by atoms with Crippen LogP contribution < -0.4 is 4.72 Å². The van der Waals surface area contributed by atoms with Gasteiger partial charge in [0.15, 0.2) is 0 Å². The van der Waals surface area contributed by atoms with Crippen LogP contribution in [0.25, 0.3) is 11.1 Å². The van der Waals surface area contributed by atoms with Gasteiger partial charge in [-0.1, -0.05) is 31.2 Å². The standard InChI is InChI=1S/C15H16FNS/c1-3-11-4-5-13(10-15(11)16)12-6-8-14(9-7-12)18-17-2/h4-10,17H,3H2,1-2H3. The van der Waals surface area contributed by atoms with Crippen molar-refractivity contribution in [2.24, 2.45) is 0 Å². The van der Waals surface area contributed by atoms with Crippen molar-refractivity contribution in [3.05, 3.63) is 53.8 Å². The van der Waals surface area contributed by atoms with Crippen molar-refractivity contribution >= 4 is 11.9 Å². The molecule has 0 bridgehead atoms. The van der Waals surface area contributed by atoms with E-state index in [1.165, 1.54) is 0 Å². The van der Waals surface area contributed by atoms with Gasteiger partial charge in [0.1, 0.15) is 5.82 Å². The van der Waals surface area contributed by atoms with Crippen molar-refractivity contribution < 1.29 is 4.39 Å². The first kappa shape index (κ1) is 13.1. The molecule has 0 aromatic heterocycles. The SMILES string of the molecule is CCc1ccc(-c2ccc(SNC)cc2)cc1F. The lowest BCUT2D eigenvalue weighted by atomic mass is 10.0. The molecule has 0 saturated carbocycles. The maximum atomic E-state index is 13.7. The van der Waals surface area contributed by atoms with Crippen LogP contribution in [0, 0.1) is 5.82 Å². The fourth-order valence-electron chi connectivity index (χ4n) is 1.85. The third-order valence-electron chi connectivity index (χ3n) is 2.84. The first-order chi connectivity index (χ1) is 8.74. The summed E-state index contributed by atoms with van der Waals surface area (Å²) < 4.78 is 16.7. The number of aryl methyl sites for hydroxylation is 1. The summed E-state index contributed by atoms with van der Waals surface area (Å²) in [5.41, 5.74) is 2.73. The van der Waals surface area contributed by atoms with E-state index in [2.05, 4.69) is 4.72 Å². The van der Waals surface area contributed by atoms with Gasteiger partial charge in [-0.2, -0.15) is 0 Å². The molecule has 0 fully saturated rings. The zero-order chi connectivity index (χ0) is 13.0. The monoisotopic (exact) mass is 261 g/mol. The molecule has 0 radical (unpaired) electrons. The van der Waals surface area contributed by atoms with Gasteiger partial charge in [0, 0.05) is 4.90 Å². The van der Waals surface area contributed by atoms with Gasteiger partial charge in [-0.3, -0.25) is 4.72 Å². The fourth-order valence-corrected chi connectivity index (χ4v) is 2.35. The first-order valence-corrected chi connectivity index (χ1v) is 6.78. The molecule has 0 aliphatic carbocycles. The predicted molar refractivity (Wildman–Crippen MR) is 76.1 cm³/mol. The average molecular weight is 261 g/mol. The van der Waals surface area contributed by atoms with Crippen molar-refractivity contribution in [3.8, 4) is 11.1 Å². The van der Waals surface area contributed by atoms with E-state index in [1.807, 2.05) is 50.4 Å². The lowest BCUT2D eigenvalue weighted by Gasteiger charge is -2.06. The highest BCUT2D eigenvalue weighted by Crippen LogP contribution is 2.24. The second-order valence-electron chi connectivity index (χ2n) is 3.99. The molecule has 3 heteroatoms. The van der Waals surface area contributed by atoms with Gasteiger partial charge >= 0.3 is 0 Å². The maximum Gasteiger partial charge on any atom is 0.127 e. The molecule has 1 nitrogen and oxygen atoms in total. The molecule has 0 unspecified atom stereocenters. The van der Waals surface area contributed by atoms with Crippen molar-refractivity contribution in [2.45, 2.75) is 18.2 Å². The second kappa shape index (κ2) is 6.03. The molecule has 0 aliphatic rings. The number of halogens is 1. The zero-order valence-electron chi connectivity index (χ0n) is 10.5. The van der Waals surface area contributed by atoms with Crippen LogP contribution in [0.1, 0.15) is 12.5 Å². The maximum absolute atomic E-state index is 13.7. The van der Waals surface area contributed by atoms with Crippen molar-refractivity contribution in [1.29, 1.82) is 0 Å². The molecule has 2 aromatic rings. The quantitative estimate of drug-likeness (QED) is 0.824. The van der Waals surface area contributed by atoms with Crippen LogP contribution in [-0.4, -0.2) is 7.05 Å². The first-order valence-electron chi connectivity index (χ1n) is 5.97. The van der Waals surface area contributed by atoms with Crippen LogP contribution in [-0.2, 0) is 6.42 Å². The lowest BCUT2D eigenvalue weighted by molar-refractivity contribution is 0.613. The van der Waals surface area contributed by atoms with E-state index in [0.29, 0.717) is 0 Å². The largest absolute Gasteiger partial charge is 0.263 e. The summed E-state index contributed by atoms with van der Waals surface area (Å²) in [6, 6.07) is 13.5. The minimum atomic E-state index is -0.122. The Hall–Kier alpha value is -1.32. The van der Waals surface area contributed by atoms with E-state index >= 15 is 0 Å². The Kier molecular flexibility index (Phi) is 4.39. The van der Waals surface area contributed by atoms with Crippen LogP contribution in [0.4, 0.5) is 4.39 Å². The smallest absolute Gasteiger partial charge is 0.127 e. The highest BCUT2D eigenvalue weighted by molar-refractivity contribution is 7.97. The van der Waals surface area contributed by atoms with Gasteiger partial charge in [0.25, 0.3) is 0 Å². The van der Waals surface area contributed by atoms with Gasteiger partial charge in [-0.15, -0.1) is 0 Å². The minimum Gasteiger partial charge on any atom is -0.263 e. The lowest BCUT2D eigenvalue weighted by Crippen LogP contribution is -1.91.